The van der Waals surface area contributed by atoms with Crippen molar-refractivity contribution in [2.24, 2.45) is 0 Å². The third kappa shape index (κ3) is 4.32. The summed E-state index contributed by atoms with van der Waals surface area (Å²) < 4.78 is 0. The van der Waals surface area contributed by atoms with Crippen LogP contribution in [0.15, 0.2) is 18.3 Å². The van der Waals surface area contributed by atoms with E-state index >= 15 is 0 Å². The summed E-state index contributed by atoms with van der Waals surface area (Å²) in [5.74, 6) is 1.13. The Morgan fingerprint density at radius 3 is 2.40 bits per heavy atom. The molecule has 15 heavy (non-hydrogen) atoms. The second kappa shape index (κ2) is 8.27. The van der Waals surface area contributed by atoms with Crippen LogP contribution in [0.25, 0.3) is 0 Å². The van der Waals surface area contributed by atoms with E-state index in [-0.39, 0.29) is 0 Å². The van der Waals surface area contributed by atoms with Crippen molar-refractivity contribution >= 4 is 5.82 Å². The molecule has 1 heterocycles. The van der Waals surface area contributed by atoms with E-state index in [1.165, 1.54) is 12.0 Å². The van der Waals surface area contributed by atoms with Crippen molar-refractivity contribution < 1.29 is 0 Å². The van der Waals surface area contributed by atoms with Crippen LogP contribution in [0.4, 0.5) is 5.82 Å². The fourth-order valence-corrected chi connectivity index (χ4v) is 1.49. The molecule has 0 spiro atoms. The Kier molecular flexibility index (Phi) is 7.69. The molecule has 0 saturated carbocycles. The van der Waals surface area contributed by atoms with Gasteiger partial charge in [-0.3, -0.25) is 0 Å². The monoisotopic (exact) mass is 208 g/mol. The van der Waals surface area contributed by atoms with Crippen LogP contribution in [-0.2, 0) is 0 Å². The average molecular weight is 208 g/mol. The third-order valence-electron chi connectivity index (χ3n) is 2.16. The maximum absolute atomic E-state index is 4.39. The van der Waals surface area contributed by atoms with Crippen LogP contribution in [0.2, 0.25) is 0 Å². The van der Waals surface area contributed by atoms with Gasteiger partial charge in [-0.05, 0) is 31.9 Å². The molecule has 1 rings (SSSR count). The lowest BCUT2D eigenvalue weighted by molar-refractivity contribution is 0.775. The lowest BCUT2D eigenvalue weighted by Gasteiger charge is -2.22. The summed E-state index contributed by atoms with van der Waals surface area (Å²) in [5.41, 5.74) is 1.26. The number of nitrogens with zero attached hydrogens (tertiary/aromatic N) is 2. The average Bonchev–Trinajstić information content (AvgIpc) is 2.30. The second-order valence-corrected chi connectivity index (χ2v) is 3.22. The Morgan fingerprint density at radius 2 is 1.93 bits per heavy atom. The molecule has 0 N–H and O–H groups in total. The van der Waals surface area contributed by atoms with E-state index in [9.17, 15) is 0 Å². The Labute approximate surface area is 94.3 Å². The minimum atomic E-state index is 1.03. The molecule has 0 saturated heterocycles. The van der Waals surface area contributed by atoms with Gasteiger partial charge in [0, 0.05) is 19.3 Å². The molecule has 86 valence electrons. The van der Waals surface area contributed by atoms with Gasteiger partial charge in [-0.2, -0.15) is 0 Å². The van der Waals surface area contributed by atoms with Crippen LogP contribution >= 0.6 is 0 Å². The summed E-state index contributed by atoms with van der Waals surface area (Å²) in [5, 5.41) is 0. The lowest BCUT2D eigenvalue weighted by Crippen LogP contribution is -2.25. The summed E-state index contributed by atoms with van der Waals surface area (Å²) in [6.07, 6.45) is 3.03. The molecule has 0 atom stereocenters. The highest BCUT2D eigenvalue weighted by atomic mass is 15.2. The molecule has 0 aliphatic carbocycles. The Morgan fingerprint density at radius 1 is 1.27 bits per heavy atom. The quantitative estimate of drug-likeness (QED) is 0.750. The lowest BCUT2D eigenvalue weighted by atomic mass is 10.2. The molecule has 0 aliphatic heterocycles. The van der Waals surface area contributed by atoms with Gasteiger partial charge < -0.3 is 4.90 Å². The molecule has 0 bridgehead atoms. The topological polar surface area (TPSA) is 16.1 Å². The van der Waals surface area contributed by atoms with Gasteiger partial charge in [0.1, 0.15) is 5.82 Å². The first-order chi connectivity index (χ1) is 7.29. The molecular formula is C13H24N2. The predicted octanol–water partition coefficient (Wildman–Crippen LogP) is 3.65. The standard InChI is InChI=1S/C11H18N2.C2H6/c1-4-9-13(5-2)11-10(3)7-6-8-12-11;1-2/h6-8H,4-5,9H2,1-3H3;1-2H3. The Hall–Kier alpha value is -1.05. The second-order valence-electron chi connectivity index (χ2n) is 3.22. The zero-order valence-electron chi connectivity index (χ0n) is 10.7. The number of anilines is 1. The van der Waals surface area contributed by atoms with Crippen molar-refractivity contribution in [3.05, 3.63) is 23.9 Å². The molecule has 0 aliphatic rings. The molecular weight excluding hydrogens is 184 g/mol. The van der Waals surface area contributed by atoms with E-state index in [4.69, 9.17) is 0 Å². The zero-order valence-corrected chi connectivity index (χ0v) is 10.7. The van der Waals surface area contributed by atoms with Gasteiger partial charge in [-0.1, -0.05) is 26.8 Å². The first kappa shape index (κ1) is 13.9. The fraction of sp³-hybridized carbons (Fsp3) is 0.615. The molecule has 1 aromatic rings. The SMILES string of the molecule is CC.CCCN(CC)c1ncccc1C. The molecule has 0 fully saturated rings. The number of aromatic nitrogens is 1. The number of aryl methyl sites for hydroxylation is 1. The van der Waals surface area contributed by atoms with Gasteiger partial charge >= 0.3 is 0 Å². The molecule has 1 aromatic heterocycles. The molecule has 0 aromatic carbocycles. The van der Waals surface area contributed by atoms with E-state index in [1.807, 2.05) is 26.1 Å². The molecule has 0 unspecified atom stereocenters. The van der Waals surface area contributed by atoms with Gasteiger partial charge in [-0.15, -0.1) is 0 Å². The van der Waals surface area contributed by atoms with Crippen LogP contribution in [0.1, 0.15) is 39.7 Å². The first-order valence-corrected chi connectivity index (χ1v) is 5.96. The zero-order chi connectivity index (χ0) is 11.7. The summed E-state index contributed by atoms with van der Waals surface area (Å²) in [7, 11) is 0. The van der Waals surface area contributed by atoms with Crippen molar-refractivity contribution in [2.75, 3.05) is 18.0 Å². The van der Waals surface area contributed by atoms with E-state index in [0.717, 1.165) is 18.9 Å². The van der Waals surface area contributed by atoms with E-state index in [1.54, 1.807) is 0 Å². The summed E-state index contributed by atoms with van der Waals surface area (Å²) in [6.45, 7) is 12.6. The van der Waals surface area contributed by atoms with Gasteiger partial charge in [0.25, 0.3) is 0 Å². The van der Waals surface area contributed by atoms with E-state index in [0.29, 0.717) is 0 Å². The largest absolute Gasteiger partial charge is 0.357 e. The van der Waals surface area contributed by atoms with Crippen LogP contribution < -0.4 is 4.90 Å². The first-order valence-electron chi connectivity index (χ1n) is 5.96. The summed E-state index contributed by atoms with van der Waals surface area (Å²) in [4.78, 5) is 6.71. The minimum absolute atomic E-state index is 1.03. The molecule has 2 heteroatoms. The molecule has 0 amide bonds. The van der Waals surface area contributed by atoms with Gasteiger partial charge in [0.2, 0.25) is 0 Å². The van der Waals surface area contributed by atoms with Gasteiger partial charge in [0.05, 0.1) is 0 Å². The fourth-order valence-electron chi connectivity index (χ4n) is 1.49. The smallest absolute Gasteiger partial charge is 0.131 e. The van der Waals surface area contributed by atoms with Gasteiger partial charge in [0.15, 0.2) is 0 Å². The molecule has 0 radical (unpaired) electrons. The van der Waals surface area contributed by atoms with Gasteiger partial charge in [-0.25, -0.2) is 4.98 Å². The maximum atomic E-state index is 4.39. The number of pyridine rings is 1. The highest BCUT2D eigenvalue weighted by Crippen LogP contribution is 2.15. The predicted molar refractivity (Wildman–Crippen MR) is 68.5 cm³/mol. The van der Waals surface area contributed by atoms with E-state index in [2.05, 4.69) is 36.7 Å². The van der Waals surface area contributed by atoms with Crippen molar-refractivity contribution in [3.63, 3.8) is 0 Å². The number of rotatable bonds is 4. The number of hydrogen-bond donors (Lipinski definition) is 0. The Balaban J connectivity index is 0.000000921. The summed E-state index contributed by atoms with van der Waals surface area (Å²) >= 11 is 0. The third-order valence-corrected chi connectivity index (χ3v) is 2.16. The van der Waals surface area contributed by atoms with E-state index < -0.39 is 0 Å². The van der Waals surface area contributed by atoms with Crippen molar-refractivity contribution in [1.82, 2.24) is 4.98 Å². The summed E-state index contributed by atoms with van der Waals surface area (Å²) in [6, 6.07) is 4.10. The Bertz CT molecular complexity index is 258. The maximum Gasteiger partial charge on any atom is 0.131 e. The normalized spacial score (nSPS) is 9.13. The number of hydrogen-bond acceptors (Lipinski definition) is 2. The minimum Gasteiger partial charge on any atom is -0.357 e. The van der Waals surface area contributed by atoms with Crippen LogP contribution in [0.3, 0.4) is 0 Å². The molecule has 2 nitrogen and oxygen atoms in total. The highest BCUT2D eigenvalue weighted by molar-refractivity contribution is 5.45. The van der Waals surface area contributed by atoms with Crippen LogP contribution in [-0.4, -0.2) is 18.1 Å². The van der Waals surface area contributed by atoms with Crippen molar-refractivity contribution in [3.8, 4) is 0 Å². The van der Waals surface area contributed by atoms with Crippen molar-refractivity contribution in [2.45, 2.75) is 41.0 Å². The van der Waals surface area contributed by atoms with Crippen LogP contribution in [0, 0.1) is 6.92 Å². The van der Waals surface area contributed by atoms with Crippen molar-refractivity contribution in [1.29, 1.82) is 0 Å². The highest BCUT2D eigenvalue weighted by Gasteiger charge is 2.05. The van der Waals surface area contributed by atoms with Crippen LogP contribution in [0.5, 0.6) is 0 Å².